The molecule has 0 saturated heterocycles. The first-order chi connectivity index (χ1) is 13.7. The number of carbonyl (C=O) groups excluding carboxylic acids is 1. The van der Waals surface area contributed by atoms with Gasteiger partial charge in [-0.25, -0.2) is 10.2 Å². The normalized spacial score (nSPS) is 10.7. The number of hydrogen-bond donors (Lipinski definition) is 2. The number of nitrogens with one attached hydrogen (secondary N) is 1. The number of ether oxygens (including phenoxy) is 1. The average Bonchev–Trinajstić information content (AvgIpc) is 3.13. The second kappa shape index (κ2) is 7.79. The molecule has 7 nitrogen and oxygen atoms in total. The Kier molecular flexibility index (Phi) is 4.88. The van der Waals surface area contributed by atoms with E-state index in [1.165, 1.54) is 4.79 Å². The number of fused-ring (bicyclic) bond motifs is 1. The lowest BCUT2D eigenvalue weighted by atomic mass is 10.0. The molecule has 1 amide bonds. The molecule has 0 radical (unpaired) electrons. The summed E-state index contributed by atoms with van der Waals surface area (Å²) in [6.07, 6.45) is -0.161. The van der Waals surface area contributed by atoms with Crippen molar-refractivity contribution in [1.29, 1.82) is 0 Å². The molecule has 0 bridgehead atoms. The predicted molar refractivity (Wildman–Crippen MR) is 104 cm³/mol. The van der Waals surface area contributed by atoms with Crippen molar-refractivity contribution in [2.75, 3.05) is 5.43 Å². The molecule has 2 N–H and O–H groups in total. The molecular weight excluding hydrogens is 356 g/mol. The van der Waals surface area contributed by atoms with E-state index in [2.05, 4.69) is 15.7 Å². The summed E-state index contributed by atoms with van der Waals surface area (Å²) in [5.41, 5.74) is 6.42. The van der Waals surface area contributed by atoms with Crippen molar-refractivity contribution in [2.24, 2.45) is 0 Å². The van der Waals surface area contributed by atoms with Gasteiger partial charge in [-0.2, -0.15) is 0 Å². The molecule has 140 valence electrons. The van der Waals surface area contributed by atoms with Crippen molar-refractivity contribution in [1.82, 2.24) is 15.1 Å². The molecule has 1 aromatic heterocycles. The number of phenolic OH excluding ortho intramolecular Hbond substituents is 1. The number of carbonyl (C=O) groups is 1. The van der Waals surface area contributed by atoms with Gasteiger partial charge in [-0.1, -0.05) is 60.7 Å². The molecule has 4 rings (SSSR count). The van der Waals surface area contributed by atoms with E-state index in [0.29, 0.717) is 17.5 Å². The Hall–Kier alpha value is -3.87. The van der Waals surface area contributed by atoms with Crippen LogP contribution in [0.4, 0.5) is 4.79 Å². The van der Waals surface area contributed by atoms with Crippen LogP contribution in [0.25, 0.3) is 11.0 Å². The maximum absolute atomic E-state index is 12.2. The first-order valence-electron chi connectivity index (χ1n) is 8.78. The highest BCUT2D eigenvalue weighted by atomic mass is 16.6. The number of phenols is 1. The topological polar surface area (TPSA) is 89.3 Å². The Balaban J connectivity index is 1.54. The smallest absolute Gasteiger partial charge is 0.428 e. The average molecular weight is 374 g/mol. The quantitative estimate of drug-likeness (QED) is 0.557. The van der Waals surface area contributed by atoms with Crippen molar-refractivity contribution >= 4 is 17.1 Å². The Labute approximate surface area is 161 Å². The minimum Gasteiger partial charge on any atom is -0.508 e. The highest BCUT2D eigenvalue weighted by Gasteiger charge is 2.14. The number of nitrogens with zero attached hydrogens (tertiary/aromatic N) is 3. The van der Waals surface area contributed by atoms with Crippen LogP contribution < -0.4 is 5.43 Å². The summed E-state index contributed by atoms with van der Waals surface area (Å²) < 4.78 is 5.25. The van der Waals surface area contributed by atoms with Crippen LogP contribution in [0.3, 0.4) is 0 Å². The third-order valence-electron chi connectivity index (χ3n) is 4.33. The number of rotatable bonds is 5. The summed E-state index contributed by atoms with van der Waals surface area (Å²) in [6, 6.07) is 22.1. The van der Waals surface area contributed by atoms with Crippen molar-refractivity contribution in [3.8, 4) is 5.75 Å². The number of aromatic nitrogens is 3. The number of hydrogen-bond acceptors (Lipinski definition) is 5. The minimum atomic E-state index is -0.631. The number of para-hydroxylation sites is 2. The zero-order valence-corrected chi connectivity index (χ0v) is 14.9. The summed E-state index contributed by atoms with van der Waals surface area (Å²) in [4.78, 5) is 13.5. The lowest BCUT2D eigenvalue weighted by molar-refractivity contribution is 0.151. The lowest BCUT2D eigenvalue weighted by Gasteiger charge is -2.10. The van der Waals surface area contributed by atoms with Crippen LogP contribution in [0.1, 0.15) is 16.7 Å². The molecule has 1 heterocycles. The van der Waals surface area contributed by atoms with Crippen LogP contribution >= 0.6 is 0 Å². The van der Waals surface area contributed by atoms with Crippen LogP contribution in [0, 0.1) is 0 Å². The third kappa shape index (κ3) is 3.78. The van der Waals surface area contributed by atoms with Gasteiger partial charge in [0, 0.05) is 6.42 Å². The molecule has 3 aromatic carbocycles. The molecule has 4 aromatic rings. The zero-order valence-electron chi connectivity index (χ0n) is 14.9. The highest BCUT2D eigenvalue weighted by Crippen LogP contribution is 2.24. The molecule has 0 atom stereocenters. The predicted octanol–water partition coefficient (Wildman–Crippen LogP) is 3.61. The van der Waals surface area contributed by atoms with Crippen LogP contribution in [-0.2, 0) is 17.8 Å². The fraction of sp³-hybridized carbons (Fsp3) is 0.0952. The molecule has 0 spiro atoms. The van der Waals surface area contributed by atoms with E-state index in [4.69, 9.17) is 4.74 Å². The molecule has 0 saturated carbocycles. The van der Waals surface area contributed by atoms with E-state index in [1.54, 1.807) is 12.1 Å². The fourth-order valence-electron chi connectivity index (χ4n) is 2.97. The third-order valence-corrected chi connectivity index (χ3v) is 4.33. The molecule has 0 aliphatic heterocycles. The van der Waals surface area contributed by atoms with E-state index in [0.717, 1.165) is 16.7 Å². The van der Waals surface area contributed by atoms with Gasteiger partial charge in [-0.05, 0) is 34.0 Å². The minimum absolute atomic E-state index is 0.157. The monoisotopic (exact) mass is 374 g/mol. The second-order valence-corrected chi connectivity index (χ2v) is 6.27. The number of amides is 1. The number of aromatic hydroxyl groups is 1. The van der Waals surface area contributed by atoms with E-state index in [-0.39, 0.29) is 12.4 Å². The second-order valence-electron chi connectivity index (χ2n) is 6.27. The van der Waals surface area contributed by atoms with Crippen LogP contribution in [-0.4, -0.2) is 26.3 Å². The van der Waals surface area contributed by atoms with E-state index < -0.39 is 6.09 Å². The number of benzene rings is 3. The van der Waals surface area contributed by atoms with Crippen molar-refractivity contribution < 1.29 is 14.6 Å². The van der Waals surface area contributed by atoms with E-state index in [1.807, 2.05) is 60.7 Å². The van der Waals surface area contributed by atoms with Gasteiger partial charge in [0.15, 0.2) is 0 Å². The van der Waals surface area contributed by atoms with Crippen LogP contribution in [0.15, 0.2) is 72.8 Å². The molecule has 28 heavy (non-hydrogen) atoms. The first kappa shape index (κ1) is 17.5. The van der Waals surface area contributed by atoms with Gasteiger partial charge < -0.3 is 9.84 Å². The highest BCUT2D eigenvalue weighted by molar-refractivity contribution is 5.83. The summed E-state index contributed by atoms with van der Waals surface area (Å²) in [5.74, 6) is 0.216. The van der Waals surface area contributed by atoms with Gasteiger partial charge >= 0.3 is 6.09 Å². The van der Waals surface area contributed by atoms with Gasteiger partial charge in [-0.3, -0.25) is 0 Å². The summed E-state index contributed by atoms with van der Waals surface area (Å²) in [5, 5.41) is 18.2. The fourth-order valence-corrected chi connectivity index (χ4v) is 2.97. The van der Waals surface area contributed by atoms with Crippen molar-refractivity contribution in [2.45, 2.75) is 13.0 Å². The van der Waals surface area contributed by atoms with Gasteiger partial charge in [0.05, 0.1) is 0 Å². The molecular formula is C21H18N4O3. The van der Waals surface area contributed by atoms with Gasteiger partial charge in [0.2, 0.25) is 0 Å². The summed E-state index contributed by atoms with van der Waals surface area (Å²) in [7, 11) is 0. The molecule has 0 unspecified atom stereocenters. The summed E-state index contributed by atoms with van der Waals surface area (Å²) in [6.45, 7) is 0.157. The van der Waals surface area contributed by atoms with Gasteiger partial charge in [0.25, 0.3) is 0 Å². The Bertz CT molecular complexity index is 1110. The SMILES string of the molecule is O=C(Nn1nnc2cccc(Cc3ccccc3O)c21)OCc1ccccc1. The van der Waals surface area contributed by atoms with E-state index in [9.17, 15) is 9.90 Å². The van der Waals surface area contributed by atoms with Gasteiger partial charge in [-0.15, -0.1) is 9.89 Å². The summed E-state index contributed by atoms with van der Waals surface area (Å²) >= 11 is 0. The largest absolute Gasteiger partial charge is 0.508 e. The lowest BCUT2D eigenvalue weighted by Crippen LogP contribution is -2.25. The Morgan fingerprint density at radius 2 is 1.71 bits per heavy atom. The van der Waals surface area contributed by atoms with Crippen LogP contribution in [0.2, 0.25) is 0 Å². The molecule has 0 aliphatic rings. The maximum Gasteiger partial charge on any atom is 0.428 e. The standard InChI is InChI=1S/C21H18N4O3/c26-19-12-5-4-9-16(19)13-17-10-6-11-18-20(17)25(24-22-18)23-21(27)28-14-15-7-2-1-3-8-15/h1-12,26H,13-14H2,(H,23,27). The molecule has 7 heteroatoms. The first-order valence-corrected chi connectivity index (χ1v) is 8.78. The molecule has 0 aliphatic carbocycles. The Morgan fingerprint density at radius 3 is 2.54 bits per heavy atom. The van der Waals surface area contributed by atoms with Crippen LogP contribution in [0.5, 0.6) is 5.75 Å². The van der Waals surface area contributed by atoms with Gasteiger partial charge in [0.1, 0.15) is 23.4 Å². The van der Waals surface area contributed by atoms with Crippen molar-refractivity contribution in [3.05, 3.63) is 89.5 Å². The van der Waals surface area contributed by atoms with Crippen molar-refractivity contribution in [3.63, 3.8) is 0 Å². The van der Waals surface area contributed by atoms with E-state index >= 15 is 0 Å². The maximum atomic E-state index is 12.2. The Morgan fingerprint density at radius 1 is 0.964 bits per heavy atom. The zero-order chi connectivity index (χ0) is 19.3. The molecule has 0 fully saturated rings.